The lowest BCUT2D eigenvalue weighted by Gasteiger charge is -2.38. The van der Waals surface area contributed by atoms with E-state index >= 15 is 0 Å². The number of hydrogen-bond acceptors (Lipinski definition) is 1. The van der Waals surface area contributed by atoms with Crippen LogP contribution in [0.3, 0.4) is 0 Å². The van der Waals surface area contributed by atoms with Gasteiger partial charge in [-0.3, -0.25) is 4.79 Å². The molecule has 0 radical (unpaired) electrons. The molecule has 0 aromatic heterocycles. The van der Waals surface area contributed by atoms with Crippen molar-refractivity contribution in [3.05, 3.63) is 33.8 Å². The van der Waals surface area contributed by atoms with Crippen LogP contribution in [-0.4, -0.2) is 17.3 Å². The highest BCUT2D eigenvalue weighted by Crippen LogP contribution is 2.33. The first-order valence-corrected chi connectivity index (χ1v) is 8.08. The van der Waals surface area contributed by atoms with Crippen molar-refractivity contribution in [1.82, 2.24) is 5.32 Å². The zero-order valence-electron chi connectivity index (χ0n) is 11.4. The second-order valence-corrected chi connectivity index (χ2v) is 6.76. The molecule has 0 bridgehead atoms. The maximum atomic E-state index is 12.4. The first-order valence-electron chi connectivity index (χ1n) is 6.79. The third-order valence-corrected chi connectivity index (χ3v) is 5.30. The van der Waals surface area contributed by atoms with Crippen molar-refractivity contribution in [2.24, 2.45) is 5.92 Å². The molecule has 1 N–H and O–H groups in total. The van der Waals surface area contributed by atoms with E-state index < -0.39 is 0 Å². The van der Waals surface area contributed by atoms with Gasteiger partial charge in [-0.05, 0) is 49.8 Å². The molecule has 20 heavy (non-hydrogen) atoms. The van der Waals surface area contributed by atoms with E-state index in [9.17, 15) is 4.79 Å². The zero-order valence-corrected chi connectivity index (χ0v) is 13.7. The molecule has 2 nitrogen and oxygen atoms in total. The van der Waals surface area contributed by atoms with Gasteiger partial charge in [-0.15, -0.1) is 11.6 Å². The molecule has 1 aromatic carbocycles. The van der Waals surface area contributed by atoms with Crippen molar-refractivity contribution in [3.63, 3.8) is 0 Å². The monoisotopic (exact) mass is 333 g/mol. The second-order valence-electron chi connectivity index (χ2n) is 5.68. The van der Waals surface area contributed by atoms with Crippen molar-refractivity contribution in [2.45, 2.75) is 38.1 Å². The minimum atomic E-state index is -0.294. The molecule has 0 heterocycles. The molecule has 5 heteroatoms. The Morgan fingerprint density at radius 3 is 2.50 bits per heavy atom. The molecule has 2 rings (SSSR count). The van der Waals surface area contributed by atoms with E-state index in [4.69, 9.17) is 34.8 Å². The standard InChI is InChI=1S/C15H18Cl3NO/c1-10-4-6-15(9-16,7-5-10)19-14(20)11-2-3-12(17)13(18)8-11/h2-3,8,10H,4-7,9H2,1H3,(H,19,20). The van der Waals surface area contributed by atoms with Gasteiger partial charge in [0, 0.05) is 11.4 Å². The van der Waals surface area contributed by atoms with Crippen LogP contribution in [0, 0.1) is 5.92 Å². The highest BCUT2D eigenvalue weighted by Gasteiger charge is 2.35. The second kappa shape index (κ2) is 6.55. The van der Waals surface area contributed by atoms with Crippen LogP contribution in [0.1, 0.15) is 43.0 Å². The quantitative estimate of drug-likeness (QED) is 0.782. The van der Waals surface area contributed by atoms with Gasteiger partial charge < -0.3 is 5.32 Å². The summed E-state index contributed by atoms with van der Waals surface area (Å²) in [7, 11) is 0. The molecule has 1 amide bonds. The number of amides is 1. The SMILES string of the molecule is CC1CCC(CCl)(NC(=O)c2ccc(Cl)c(Cl)c2)CC1. The summed E-state index contributed by atoms with van der Waals surface area (Å²) in [5.41, 5.74) is 0.222. The summed E-state index contributed by atoms with van der Waals surface area (Å²) in [5.74, 6) is 0.999. The van der Waals surface area contributed by atoms with Crippen LogP contribution in [0.5, 0.6) is 0 Å². The van der Waals surface area contributed by atoms with E-state index in [1.54, 1.807) is 18.2 Å². The molecule has 1 fully saturated rings. The molecule has 0 spiro atoms. The molecule has 1 aliphatic carbocycles. The maximum absolute atomic E-state index is 12.4. The number of carbonyl (C=O) groups excluding carboxylic acids is 1. The number of nitrogens with one attached hydrogen (secondary N) is 1. The summed E-state index contributed by atoms with van der Waals surface area (Å²) in [6.45, 7) is 2.24. The summed E-state index contributed by atoms with van der Waals surface area (Å²) in [6, 6.07) is 4.90. The number of carbonyl (C=O) groups is 1. The highest BCUT2D eigenvalue weighted by molar-refractivity contribution is 6.42. The average Bonchev–Trinajstić information content (AvgIpc) is 2.44. The van der Waals surface area contributed by atoms with Crippen molar-refractivity contribution < 1.29 is 4.79 Å². The molecular weight excluding hydrogens is 317 g/mol. The molecule has 1 aliphatic rings. The number of alkyl halides is 1. The Labute approximate surface area is 134 Å². The predicted molar refractivity (Wildman–Crippen MR) is 85.0 cm³/mol. The van der Waals surface area contributed by atoms with E-state index in [1.807, 2.05) is 0 Å². The van der Waals surface area contributed by atoms with Gasteiger partial charge in [-0.2, -0.15) is 0 Å². The number of halogens is 3. The molecule has 0 saturated heterocycles. The van der Waals surface area contributed by atoms with Gasteiger partial charge in [-0.1, -0.05) is 30.1 Å². The van der Waals surface area contributed by atoms with Crippen LogP contribution in [0.25, 0.3) is 0 Å². The first kappa shape index (κ1) is 15.9. The third kappa shape index (κ3) is 3.60. The number of hydrogen-bond donors (Lipinski definition) is 1. The van der Waals surface area contributed by atoms with Crippen LogP contribution in [0.4, 0.5) is 0 Å². The Balaban J connectivity index is 2.11. The lowest BCUT2D eigenvalue weighted by atomic mass is 9.78. The fourth-order valence-electron chi connectivity index (χ4n) is 2.56. The topological polar surface area (TPSA) is 29.1 Å². The molecule has 1 aromatic rings. The summed E-state index contributed by atoms with van der Waals surface area (Å²) in [4.78, 5) is 12.4. The van der Waals surface area contributed by atoms with Gasteiger partial charge in [0.25, 0.3) is 5.91 Å². The van der Waals surface area contributed by atoms with Crippen LogP contribution in [0.15, 0.2) is 18.2 Å². The minimum absolute atomic E-state index is 0.140. The summed E-state index contributed by atoms with van der Waals surface area (Å²) >= 11 is 17.9. The van der Waals surface area contributed by atoms with E-state index in [1.165, 1.54) is 0 Å². The average molecular weight is 335 g/mol. The third-order valence-electron chi connectivity index (χ3n) is 4.05. The molecule has 110 valence electrons. The van der Waals surface area contributed by atoms with Crippen molar-refractivity contribution in [2.75, 3.05) is 5.88 Å². The Morgan fingerprint density at radius 1 is 1.30 bits per heavy atom. The normalized spacial score (nSPS) is 26.3. The Hall–Kier alpha value is -0.440. The van der Waals surface area contributed by atoms with E-state index in [0.29, 0.717) is 27.4 Å². The largest absolute Gasteiger partial charge is 0.345 e. The fraction of sp³-hybridized carbons (Fsp3) is 0.533. The molecule has 0 atom stereocenters. The Kier molecular flexibility index (Phi) is 5.22. The van der Waals surface area contributed by atoms with E-state index in [0.717, 1.165) is 25.7 Å². The van der Waals surface area contributed by atoms with Gasteiger partial charge >= 0.3 is 0 Å². The molecule has 0 unspecified atom stereocenters. The minimum Gasteiger partial charge on any atom is -0.345 e. The van der Waals surface area contributed by atoms with Crippen LogP contribution >= 0.6 is 34.8 Å². The summed E-state index contributed by atoms with van der Waals surface area (Å²) in [6.07, 6.45) is 4.03. The first-order chi connectivity index (χ1) is 9.46. The van der Waals surface area contributed by atoms with E-state index in [2.05, 4.69) is 12.2 Å². The smallest absolute Gasteiger partial charge is 0.251 e. The fourth-order valence-corrected chi connectivity index (χ4v) is 3.19. The van der Waals surface area contributed by atoms with Crippen molar-refractivity contribution >= 4 is 40.7 Å². The van der Waals surface area contributed by atoms with Crippen LogP contribution in [-0.2, 0) is 0 Å². The van der Waals surface area contributed by atoms with Gasteiger partial charge in [0.05, 0.1) is 15.6 Å². The lowest BCUT2D eigenvalue weighted by molar-refractivity contribution is 0.0872. The highest BCUT2D eigenvalue weighted by atomic mass is 35.5. The zero-order chi connectivity index (χ0) is 14.8. The maximum Gasteiger partial charge on any atom is 0.251 e. The van der Waals surface area contributed by atoms with Crippen molar-refractivity contribution in [3.8, 4) is 0 Å². The Bertz CT molecular complexity index is 496. The lowest BCUT2D eigenvalue weighted by Crippen LogP contribution is -2.52. The summed E-state index contributed by atoms with van der Waals surface area (Å²) < 4.78 is 0. The van der Waals surface area contributed by atoms with Gasteiger partial charge in [0.15, 0.2) is 0 Å². The Morgan fingerprint density at radius 2 is 1.95 bits per heavy atom. The van der Waals surface area contributed by atoms with Gasteiger partial charge in [0.1, 0.15) is 0 Å². The van der Waals surface area contributed by atoms with Crippen LogP contribution < -0.4 is 5.32 Å². The molecule has 1 saturated carbocycles. The van der Waals surface area contributed by atoms with Gasteiger partial charge in [-0.25, -0.2) is 0 Å². The number of benzene rings is 1. The van der Waals surface area contributed by atoms with E-state index in [-0.39, 0.29) is 11.4 Å². The van der Waals surface area contributed by atoms with Crippen molar-refractivity contribution in [1.29, 1.82) is 0 Å². The number of rotatable bonds is 3. The predicted octanol–water partition coefficient (Wildman–Crippen LogP) is 4.91. The summed E-state index contributed by atoms with van der Waals surface area (Å²) in [5, 5.41) is 3.92. The molecule has 0 aliphatic heterocycles. The van der Waals surface area contributed by atoms with Gasteiger partial charge in [0.2, 0.25) is 0 Å². The van der Waals surface area contributed by atoms with Crippen LogP contribution in [0.2, 0.25) is 10.0 Å². The molecular formula is C15H18Cl3NO.